The van der Waals surface area contributed by atoms with Crippen LogP contribution in [0, 0.1) is 16.7 Å². The summed E-state index contributed by atoms with van der Waals surface area (Å²) in [5, 5.41) is 28.3. The number of hydrogen-bond donors (Lipinski definition) is 3. The average molecular weight is 861 g/mol. The predicted octanol–water partition coefficient (Wildman–Crippen LogP) is 4.78. The number of nitrogens with one attached hydrogen (secondary N) is 1. The number of hydrogen-bond acceptors (Lipinski definition) is 14. The summed E-state index contributed by atoms with van der Waals surface area (Å²) in [6, 6.07) is 15.7. The standard InChI is InChI=1S/C47H60N2O13/c1-26(2)57-43(54)48-35(29-15-10-8-11-16-29)36(51)42(53)58-31-23-47(55)40(61-41(52)30-17-12-9-13-18-30)38-45(7,20-19-32-46(38,25-56-32)62-28(4)50)39-37(34(27(31)3)44(47,5)6)59-33(60-39)24-49-21-14-22-49/h8-13,15-18,26,31-33,35-40,51,55H,14,19-25H2,1-7H3,(H,48,54)/t31-,32+,33+,35-,36+,37+,38-,39+,40-,45+,46-,47+/m0/s1. The van der Waals surface area contributed by atoms with Gasteiger partial charge in [0.25, 0.3) is 0 Å². The zero-order chi connectivity index (χ0) is 44.4. The summed E-state index contributed by atoms with van der Waals surface area (Å²) in [5.74, 6) is -3.26. The van der Waals surface area contributed by atoms with Crippen LogP contribution in [0.3, 0.4) is 0 Å². The Labute approximate surface area is 362 Å². The van der Waals surface area contributed by atoms with Crippen LogP contribution in [0.25, 0.3) is 0 Å². The minimum absolute atomic E-state index is 0.0116. The van der Waals surface area contributed by atoms with Gasteiger partial charge in [0.05, 0.1) is 36.3 Å². The maximum Gasteiger partial charge on any atom is 0.407 e. The van der Waals surface area contributed by atoms with Crippen molar-refractivity contribution in [2.45, 2.75) is 140 Å². The van der Waals surface area contributed by atoms with Gasteiger partial charge in [-0.15, -0.1) is 0 Å². The topological polar surface area (TPSA) is 189 Å². The number of fused-ring (bicyclic) bond motifs is 8. The van der Waals surface area contributed by atoms with Gasteiger partial charge in [-0.1, -0.05) is 69.3 Å². The fourth-order valence-electron chi connectivity index (χ4n) is 11.3. The summed E-state index contributed by atoms with van der Waals surface area (Å²) < 4.78 is 44.8. The molecule has 0 aromatic heterocycles. The third kappa shape index (κ3) is 7.51. The Bertz CT molecular complexity index is 2060. The molecule has 2 saturated carbocycles. The number of benzene rings is 2. The molecule has 6 aliphatic rings. The number of carbonyl (C=O) groups excluding carboxylic acids is 4. The van der Waals surface area contributed by atoms with Crippen LogP contribution in [0.2, 0.25) is 0 Å². The highest BCUT2D eigenvalue weighted by atomic mass is 16.7. The molecule has 15 heteroatoms. The number of ether oxygens (including phenoxy) is 7. The molecule has 3 aliphatic carbocycles. The molecule has 1 amide bonds. The number of likely N-dealkylation sites (tertiary alicyclic amines) is 1. The van der Waals surface area contributed by atoms with Gasteiger partial charge in [-0.25, -0.2) is 14.4 Å². The number of carbonyl (C=O) groups is 4. The van der Waals surface area contributed by atoms with Crippen LogP contribution >= 0.6 is 0 Å². The van der Waals surface area contributed by atoms with Crippen molar-refractivity contribution in [2.75, 3.05) is 26.2 Å². The molecular weight excluding hydrogens is 801 g/mol. The minimum atomic E-state index is -2.04. The van der Waals surface area contributed by atoms with Crippen LogP contribution in [0.1, 0.15) is 96.1 Å². The van der Waals surface area contributed by atoms with Crippen LogP contribution in [-0.2, 0) is 42.7 Å². The number of esters is 3. The van der Waals surface area contributed by atoms with Gasteiger partial charge in [0, 0.05) is 30.7 Å². The van der Waals surface area contributed by atoms with Gasteiger partial charge in [-0.05, 0) is 82.0 Å². The Kier molecular flexibility index (Phi) is 11.9. The monoisotopic (exact) mass is 860 g/mol. The first-order chi connectivity index (χ1) is 29.4. The highest BCUT2D eigenvalue weighted by molar-refractivity contribution is 5.89. The molecule has 3 heterocycles. The van der Waals surface area contributed by atoms with E-state index in [2.05, 4.69) is 10.2 Å². The Balaban J connectivity index is 1.26. The molecule has 2 aromatic rings. The van der Waals surface area contributed by atoms with E-state index in [1.165, 1.54) is 6.92 Å². The fourth-order valence-corrected chi connectivity index (χ4v) is 11.3. The van der Waals surface area contributed by atoms with Crippen LogP contribution in [0.5, 0.6) is 0 Å². The molecule has 15 nitrogen and oxygen atoms in total. The number of nitrogens with zero attached hydrogens (tertiary/aromatic N) is 1. The number of aliphatic hydroxyl groups excluding tert-OH is 1. The van der Waals surface area contributed by atoms with Crippen molar-refractivity contribution in [3.8, 4) is 0 Å². The molecule has 62 heavy (non-hydrogen) atoms. The Morgan fingerprint density at radius 3 is 2.24 bits per heavy atom. The van der Waals surface area contributed by atoms with E-state index in [1.54, 1.807) is 74.5 Å². The molecule has 336 valence electrons. The molecule has 8 rings (SSSR count). The molecular formula is C47H60N2O13. The SMILES string of the molecule is CC(=O)O[C@@]12CO[C@@H]1CC[C@@]1(C)[C@@H]3O[C@H](CN4CCC4)O[C@@H]3C3=C(C)[C@@H](OC(=O)[C@H](O)[C@@H](NC(=O)OC(C)C)c4ccccc4)C[C@@](O)([C@@H](OC(=O)c4ccccc4)[C@@H]12)C3(C)C. The van der Waals surface area contributed by atoms with Crippen molar-refractivity contribution in [2.24, 2.45) is 16.7 Å². The molecule has 2 aromatic carbocycles. The molecule has 3 saturated heterocycles. The summed E-state index contributed by atoms with van der Waals surface area (Å²) >= 11 is 0. The van der Waals surface area contributed by atoms with E-state index < -0.39 is 107 Å². The van der Waals surface area contributed by atoms with E-state index in [-0.39, 0.29) is 18.6 Å². The van der Waals surface area contributed by atoms with Crippen molar-refractivity contribution in [3.05, 3.63) is 82.9 Å². The third-order valence-electron chi connectivity index (χ3n) is 14.5. The molecule has 0 radical (unpaired) electrons. The predicted molar refractivity (Wildman–Crippen MR) is 221 cm³/mol. The second kappa shape index (κ2) is 16.6. The van der Waals surface area contributed by atoms with Crippen LogP contribution in [0.15, 0.2) is 71.8 Å². The first-order valence-corrected chi connectivity index (χ1v) is 21.8. The largest absolute Gasteiger partial charge is 0.456 e. The van der Waals surface area contributed by atoms with E-state index in [9.17, 15) is 29.4 Å². The Hall–Kier alpha value is -4.38. The third-order valence-corrected chi connectivity index (χ3v) is 14.5. The van der Waals surface area contributed by atoms with Crippen molar-refractivity contribution in [1.82, 2.24) is 10.2 Å². The summed E-state index contributed by atoms with van der Waals surface area (Å²) in [6.45, 7) is 14.5. The lowest BCUT2D eigenvalue weighted by Crippen LogP contribution is -2.79. The molecule has 0 unspecified atom stereocenters. The van der Waals surface area contributed by atoms with E-state index in [4.69, 9.17) is 33.2 Å². The summed E-state index contributed by atoms with van der Waals surface area (Å²) in [6.07, 6.45) is -6.82. The number of aliphatic hydroxyl groups is 2. The first-order valence-electron chi connectivity index (χ1n) is 21.8. The molecule has 0 spiro atoms. The lowest BCUT2D eigenvalue weighted by atomic mass is 9.45. The lowest BCUT2D eigenvalue weighted by molar-refractivity contribution is -0.345. The van der Waals surface area contributed by atoms with Gasteiger partial charge in [0.15, 0.2) is 18.0 Å². The van der Waals surface area contributed by atoms with E-state index in [0.29, 0.717) is 36.1 Å². The molecule has 2 bridgehead atoms. The van der Waals surface area contributed by atoms with Gasteiger partial charge in [0.2, 0.25) is 0 Å². The number of amides is 1. The first kappa shape index (κ1) is 44.2. The molecule has 12 atom stereocenters. The second-order valence-electron chi connectivity index (χ2n) is 19.0. The summed E-state index contributed by atoms with van der Waals surface area (Å²) in [7, 11) is 0. The highest BCUT2D eigenvalue weighted by Crippen LogP contribution is 2.66. The maximum absolute atomic E-state index is 14.4. The second-order valence-corrected chi connectivity index (χ2v) is 19.0. The van der Waals surface area contributed by atoms with Gasteiger partial charge < -0.3 is 48.7 Å². The zero-order valence-corrected chi connectivity index (χ0v) is 36.5. The molecule has 3 N–H and O–H groups in total. The van der Waals surface area contributed by atoms with Gasteiger partial charge in [-0.3, -0.25) is 9.69 Å². The Morgan fingerprint density at radius 2 is 1.65 bits per heavy atom. The van der Waals surface area contributed by atoms with E-state index >= 15 is 0 Å². The Morgan fingerprint density at radius 1 is 0.968 bits per heavy atom. The summed E-state index contributed by atoms with van der Waals surface area (Å²) in [4.78, 5) is 57.1. The molecule has 5 fully saturated rings. The minimum Gasteiger partial charge on any atom is -0.456 e. The van der Waals surface area contributed by atoms with Crippen molar-refractivity contribution in [1.29, 1.82) is 0 Å². The van der Waals surface area contributed by atoms with Crippen LogP contribution < -0.4 is 5.32 Å². The van der Waals surface area contributed by atoms with E-state index in [0.717, 1.165) is 19.5 Å². The van der Waals surface area contributed by atoms with Crippen LogP contribution in [-0.4, -0.2) is 126 Å². The smallest absolute Gasteiger partial charge is 0.407 e. The van der Waals surface area contributed by atoms with Crippen LogP contribution in [0.4, 0.5) is 4.79 Å². The normalized spacial score (nSPS) is 35.5. The van der Waals surface area contributed by atoms with Gasteiger partial charge >= 0.3 is 24.0 Å². The molecule has 3 aliphatic heterocycles. The van der Waals surface area contributed by atoms with Gasteiger partial charge in [0.1, 0.15) is 30.0 Å². The van der Waals surface area contributed by atoms with Crippen molar-refractivity contribution >= 4 is 24.0 Å². The maximum atomic E-state index is 14.4. The highest BCUT2D eigenvalue weighted by Gasteiger charge is 2.77. The summed E-state index contributed by atoms with van der Waals surface area (Å²) in [5.41, 5.74) is -3.73. The van der Waals surface area contributed by atoms with Gasteiger partial charge in [-0.2, -0.15) is 0 Å². The fraction of sp³-hybridized carbons (Fsp3) is 0.617. The quantitative estimate of drug-likeness (QED) is 0.159. The average Bonchev–Trinajstić information content (AvgIpc) is 3.62. The zero-order valence-electron chi connectivity index (χ0n) is 36.5. The van der Waals surface area contributed by atoms with E-state index in [1.807, 2.05) is 27.7 Å². The number of alkyl carbamates (subject to hydrolysis) is 1. The van der Waals surface area contributed by atoms with Crippen molar-refractivity contribution in [3.63, 3.8) is 0 Å². The van der Waals surface area contributed by atoms with Crippen molar-refractivity contribution < 1.29 is 62.5 Å². The number of rotatable bonds is 11. The lowest BCUT2D eigenvalue weighted by Gasteiger charge is -2.68.